The number of anilines is 1. The van der Waals surface area contributed by atoms with Gasteiger partial charge in [-0.15, -0.1) is 0 Å². The van der Waals surface area contributed by atoms with Gasteiger partial charge >= 0.3 is 5.69 Å². The Hall–Kier alpha value is -4.20. The molecule has 2 heterocycles. The summed E-state index contributed by atoms with van der Waals surface area (Å²) >= 11 is 0. The number of aromatic amines is 1. The molecule has 0 fully saturated rings. The summed E-state index contributed by atoms with van der Waals surface area (Å²) in [4.78, 5) is 44.6. The number of fused-ring (bicyclic) bond motifs is 1. The third kappa shape index (κ3) is 4.09. The van der Waals surface area contributed by atoms with Crippen molar-refractivity contribution in [1.82, 2.24) is 14.5 Å². The molecule has 0 radical (unpaired) electrons. The molecule has 0 aliphatic carbocycles. The highest BCUT2D eigenvalue weighted by molar-refractivity contribution is 6.06. The van der Waals surface area contributed by atoms with Crippen LogP contribution in [0.25, 0.3) is 11.0 Å². The Balaban J connectivity index is 1.77. The number of nitrogens with one attached hydrogen (secondary N) is 2. The summed E-state index contributed by atoms with van der Waals surface area (Å²) in [7, 11) is 1.54. The van der Waals surface area contributed by atoms with Crippen molar-refractivity contribution in [2.24, 2.45) is 0 Å². The largest absolute Gasteiger partial charge is 0.497 e. The lowest BCUT2D eigenvalue weighted by molar-refractivity contribution is 0.102. The van der Waals surface area contributed by atoms with Gasteiger partial charge in [0, 0.05) is 11.8 Å². The molecule has 2 N–H and O–H groups in total. The van der Waals surface area contributed by atoms with Crippen LogP contribution in [0.5, 0.6) is 5.75 Å². The Morgan fingerprint density at radius 2 is 1.87 bits per heavy atom. The molecule has 0 bridgehead atoms. The van der Waals surface area contributed by atoms with E-state index in [4.69, 9.17) is 4.74 Å². The first kappa shape index (κ1) is 20.1. The summed E-state index contributed by atoms with van der Waals surface area (Å²) in [6, 6.07) is 17.8. The van der Waals surface area contributed by atoms with Crippen molar-refractivity contribution < 1.29 is 9.53 Å². The fourth-order valence-corrected chi connectivity index (χ4v) is 3.34. The molecule has 31 heavy (non-hydrogen) atoms. The maximum Gasteiger partial charge on any atom is 0.330 e. The predicted octanol–water partition coefficient (Wildman–Crippen LogP) is 2.70. The highest BCUT2D eigenvalue weighted by Crippen LogP contribution is 2.19. The van der Waals surface area contributed by atoms with Gasteiger partial charge in [-0.1, -0.05) is 36.4 Å². The van der Waals surface area contributed by atoms with E-state index in [0.717, 1.165) is 5.56 Å². The standard InChI is InChI=1S/C23H20N4O4/c1-14-18(21(28)25-16-9-6-10-17(11-16)31-2)12-19-20(24-14)27(23(30)26-22(19)29)13-15-7-4-3-5-8-15/h3-12H,13H2,1-2H3,(H,25,28)(H,26,29,30). The van der Waals surface area contributed by atoms with Crippen molar-refractivity contribution in [3.05, 3.63) is 98.3 Å². The van der Waals surface area contributed by atoms with Crippen LogP contribution in [0.4, 0.5) is 5.69 Å². The summed E-state index contributed by atoms with van der Waals surface area (Å²) in [6.07, 6.45) is 0. The van der Waals surface area contributed by atoms with Gasteiger partial charge < -0.3 is 10.1 Å². The molecule has 4 aromatic rings. The van der Waals surface area contributed by atoms with Crippen molar-refractivity contribution in [3.8, 4) is 5.75 Å². The third-order valence-corrected chi connectivity index (χ3v) is 4.91. The SMILES string of the molecule is COc1cccc(NC(=O)c2cc3c(=O)[nH]c(=O)n(Cc4ccccc4)c3nc2C)c1. The van der Waals surface area contributed by atoms with Gasteiger partial charge in [0.05, 0.1) is 30.3 Å². The van der Waals surface area contributed by atoms with Crippen molar-refractivity contribution in [2.45, 2.75) is 13.5 Å². The molecule has 156 valence electrons. The molecule has 0 saturated heterocycles. The molecule has 4 rings (SSSR count). The number of nitrogens with zero attached hydrogens (tertiary/aromatic N) is 2. The molecular formula is C23H20N4O4. The Morgan fingerprint density at radius 1 is 1.10 bits per heavy atom. The number of hydrogen-bond acceptors (Lipinski definition) is 5. The number of methoxy groups -OCH3 is 1. The molecule has 2 aromatic heterocycles. The van der Waals surface area contributed by atoms with Gasteiger partial charge in [0.15, 0.2) is 0 Å². The van der Waals surface area contributed by atoms with Crippen LogP contribution in [-0.4, -0.2) is 27.6 Å². The van der Waals surface area contributed by atoms with Gasteiger partial charge in [-0.3, -0.25) is 19.1 Å². The summed E-state index contributed by atoms with van der Waals surface area (Å²) in [5, 5.41) is 2.95. The maximum absolute atomic E-state index is 12.9. The average Bonchev–Trinajstić information content (AvgIpc) is 2.77. The molecule has 0 aliphatic rings. The van der Waals surface area contributed by atoms with E-state index in [-0.39, 0.29) is 23.1 Å². The number of ether oxygens (including phenoxy) is 1. The van der Waals surface area contributed by atoms with Crippen LogP contribution in [0.2, 0.25) is 0 Å². The van der Waals surface area contributed by atoms with Crippen molar-refractivity contribution >= 4 is 22.6 Å². The highest BCUT2D eigenvalue weighted by Gasteiger charge is 2.17. The van der Waals surface area contributed by atoms with Crippen molar-refractivity contribution in [3.63, 3.8) is 0 Å². The summed E-state index contributed by atoms with van der Waals surface area (Å²) in [6.45, 7) is 1.91. The van der Waals surface area contributed by atoms with Crippen LogP contribution in [0, 0.1) is 6.92 Å². The molecule has 0 unspecified atom stereocenters. The Bertz CT molecular complexity index is 1390. The first-order chi connectivity index (χ1) is 15.0. The number of amides is 1. The second-order valence-electron chi connectivity index (χ2n) is 7.01. The van der Waals surface area contributed by atoms with Crippen LogP contribution in [0.15, 0.2) is 70.3 Å². The summed E-state index contributed by atoms with van der Waals surface area (Å²) < 4.78 is 6.56. The van der Waals surface area contributed by atoms with Crippen LogP contribution >= 0.6 is 0 Å². The van der Waals surface area contributed by atoms with E-state index in [1.54, 1.807) is 38.3 Å². The highest BCUT2D eigenvalue weighted by atomic mass is 16.5. The number of rotatable bonds is 5. The molecule has 0 aliphatic heterocycles. The second kappa shape index (κ2) is 8.27. The Morgan fingerprint density at radius 3 is 2.61 bits per heavy atom. The zero-order valence-corrected chi connectivity index (χ0v) is 17.0. The van der Waals surface area contributed by atoms with Crippen molar-refractivity contribution in [2.75, 3.05) is 12.4 Å². The van der Waals surface area contributed by atoms with Gasteiger partial charge in [-0.2, -0.15) is 0 Å². The van der Waals surface area contributed by atoms with Crippen LogP contribution in [0.1, 0.15) is 21.6 Å². The predicted molar refractivity (Wildman–Crippen MR) is 118 cm³/mol. The Kier molecular flexibility index (Phi) is 5.36. The monoisotopic (exact) mass is 416 g/mol. The van der Waals surface area contributed by atoms with E-state index in [1.807, 2.05) is 30.3 Å². The number of benzene rings is 2. The maximum atomic E-state index is 12.9. The molecule has 8 heteroatoms. The van der Waals surface area contributed by atoms with Crippen LogP contribution < -0.4 is 21.3 Å². The number of aromatic nitrogens is 3. The first-order valence-electron chi connectivity index (χ1n) is 9.60. The van der Waals surface area contributed by atoms with Gasteiger partial charge in [-0.05, 0) is 30.7 Å². The zero-order valence-electron chi connectivity index (χ0n) is 17.0. The number of aryl methyl sites for hydroxylation is 1. The van der Waals surface area contributed by atoms with E-state index in [2.05, 4.69) is 15.3 Å². The summed E-state index contributed by atoms with van der Waals surface area (Å²) in [5.41, 5.74) is 1.16. The van der Waals surface area contributed by atoms with E-state index < -0.39 is 17.2 Å². The first-order valence-corrected chi connectivity index (χ1v) is 9.60. The van der Waals surface area contributed by atoms with E-state index in [9.17, 15) is 14.4 Å². The zero-order chi connectivity index (χ0) is 22.0. The number of H-pyrrole nitrogens is 1. The fraction of sp³-hybridized carbons (Fsp3) is 0.130. The molecule has 0 spiro atoms. The molecule has 1 amide bonds. The molecule has 0 saturated carbocycles. The molecule has 8 nitrogen and oxygen atoms in total. The minimum Gasteiger partial charge on any atom is -0.497 e. The molecular weight excluding hydrogens is 396 g/mol. The van der Waals surface area contributed by atoms with Gasteiger partial charge in [0.1, 0.15) is 11.4 Å². The second-order valence-corrected chi connectivity index (χ2v) is 7.01. The van der Waals surface area contributed by atoms with Gasteiger partial charge in [0.2, 0.25) is 0 Å². The Labute approximate surface area is 177 Å². The number of pyridine rings is 1. The molecule has 0 atom stereocenters. The average molecular weight is 416 g/mol. The number of carbonyl (C=O) groups is 1. The lowest BCUT2D eigenvalue weighted by atomic mass is 10.1. The normalized spacial score (nSPS) is 10.8. The fourth-order valence-electron chi connectivity index (χ4n) is 3.34. The lowest BCUT2D eigenvalue weighted by Crippen LogP contribution is -2.32. The lowest BCUT2D eigenvalue weighted by Gasteiger charge is -2.12. The van der Waals surface area contributed by atoms with Crippen LogP contribution in [-0.2, 0) is 6.54 Å². The van der Waals surface area contributed by atoms with E-state index in [0.29, 0.717) is 17.1 Å². The minimum atomic E-state index is -0.591. The van der Waals surface area contributed by atoms with E-state index >= 15 is 0 Å². The van der Waals surface area contributed by atoms with Crippen LogP contribution in [0.3, 0.4) is 0 Å². The number of carbonyl (C=O) groups excluding carboxylic acids is 1. The minimum absolute atomic E-state index is 0.164. The topological polar surface area (TPSA) is 106 Å². The quantitative estimate of drug-likeness (QED) is 0.520. The molecule has 2 aromatic carbocycles. The smallest absolute Gasteiger partial charge is 0.330 e. The summed E-state index contributed by atoms with van der Waals surface area (Å²) in [5.74, 6) is 0.188. The third-order valence-electron chi connectivity index (χ3n) is 4.91. The van der Waals surface area contributed by atoms with Crippen molar-refractivity contribution in [1.29, 1.82) is 0 Å². The van der Waals surface area contributed by atoms with Gasteiger partial charge in [-0.25, -0.2) is 9.78 Å². The van der Waals surface area contributed by atoms with Gasteiger partial charge in [0.25, 0.3) is 11.5 Å². The van der Waals surface area contributed by atoms with E-state index in [1.165, 1.54) is 10.6 Å². The number of hydrogen-bond donors (Lipinski definition) is 2.